The van der Waals surface area contributed by atoms with E-state index in [1.54, 1.807) is 0 Å². The average molecular weight is 253 g/mol. The molecule has 2 nitrogen and oxygen atoms in total. The summed E-state index contributed by atoms with van der Waals surface area (Å²) in [5.74, 6) is 0.0117. The summed E-state index contributed by atoms with van der Waals surface area (Å²) in [6, 6.07) is 0. The largest absolute Gasteiger partial charge is 0.401 e. The van der Waals surface area contributed by atoms with Gasteiger partial charge in [0, 0.05) is 6.54 Å². The molecule has 1 aliphatic carbocycles. The van der Waals surface area contributed by atoms with Crippen molar-refractivity contribution in [2.24, 2.45) is 5.92 Å². The van der Waals surface area contributed by atoms with Gasteiger partial charge in [-0.15, -0.1) is 0 Å². The van der Waals surface area contributed by atoms with Crippen molar-refractivity contribution in [1.82, 2.24) is 4.90 Å². The number of rotatable bonds is 5. The van der Waals surface area contributed by atoms with Crippen molar-refractivity contribution in [3.8, 4) is 0 Å². The molecule has 17 heavy (non-hydrogen) atoms. The fraction of sp³-hybridized carbons (Fsp3) is 1.00. The summed E-state index contributed by atoms with van der Waals surface area (Å²) in [6.07, 6.45) is -0.265. The molecule has 1 N–H and O–H groups in total. The van der Waals surface area contributed by atoms with Crippen molar-refractivity contribution in [2.45, 2.75) is 51.3 Å². The van der Waals surface area contributed by atoms with Crippen LogP contribution in [0, 0.1) is 5.92 Å². The summed E-state index contributed by atoms with van der Waals surface area (Å²) in [4.78, 5) is 1.43. The number of alkyl halides is 3. The predicted octanol–water partition coefficient (Wildman–Crippen LogP) is 2.81. The van der Waals surface area contributed by atoms with Crippen molar-refractivity contribution in [2.75, 3.05) is 19.6 Å². The van der Waals surface area contributed by atoms with Gasteiger partial charge in [-0.2, -0.15) is 13.2 Å². The molecule has 0 radical (unpaired) electrons. The van der Waals surface area contributed by atoms with Crippen LogP contribution in [-0.2, 0) is 0 Å². The number of hydrogen-bond donors (Lipinski definition) is 1. The van der Waals surface area contributed by atoms with E-state index in [1.807, 2.05) is 6.92 Å². The van der Waals surface area contributed by atoms with Crippen LogP contribution in [0.1, 0.15) is 39.0 Å². The minimum Gasteiger partial charge on any atom is -0.393 e. The first-order chi connectivity index (χ1) is 7.92. The third-order valence-electron chi connectivity index (χ3n) is 3.30. The van der Waals surface area contributed by atoms with Crippen molar-refractivity contribution < 1.29 is 18.3 Å². The second kappa shape index (κ2) is 6.59. The molecular weight excluding hydrogens is 231 g/mol. The number of aliphatic hydroxyl groups excluding tert-OH is 1. The van der Waals surface area contributed by atoms with Crippen LogP contribution in [0.4, 0.5) is 13.2 Å². The molecule has 102 valence electrons. The van der Waals surface area contributed by atoms with Crippen LogP contribution in [0.25, 0.3) is 0 Å². The Morgan fingerprint density at radius 3 is 2.41 bits per heavy atom. The number of nitrogens with zero attached hydrogens (tertiary/aromatic N) is 1. The summed E-state index contributed by atoms with van der Waals surface area (Å²) < 4.78 is 37.1. The molecule has 2 atom stereocenters. The van der Waals surface area contributed by atoms with Crippen LogP contribution >= 0.6 is 0 Å². The fourth-order valence-electron chi connectivity index (χ4n) is 2.54. The molecule has 1 rings (SSSR count). The highest BCUT2D eigenvalue weighted by Crippen LogP contribution is 2.26. The topological polar surface area (TPSA) is 23.5 Å². The number of aliphatic hydroxyl groups is 1. The first kappa shape index (κ1) is 14.8. The first-order valence-electron chi connectivity index (χ1n) is 6.39. The Balaban J connectivity index is 2.47. The van der Waals surface area contributed by atoms with Crippen molar-refractivity contribution in [1.29, 1.82) is 0 Å². The molecule has 5 heteroatoms. The lowest BCUT2D eigenvalue weighted by molar-refractivity contribution is -0.149. The van der Waals surface area contributed by atoms with Gasteiger partial charge in [-0.05, 0) is 31.7 Å². The maximum Gasteiger partial charge on any atom is 0.401 e. The predicted molar refractivity (Wildman–Crippen MR) is 60.8 cm³/mol. The van der Waals surface area contributed by atoms with Gasteiger partial charge in [-0.3, -0.25) is 4.90 Å². The maximum atomic E-state index is 12.4. The minimum atomic E-state index is -4.14. The highest BCUT2D eigenvalue weighted by molar-refractivity contribution is 4.78. The highest BCUT2D eigenvalue weighted by atomic mass is 19.4. The lowest BCUT2D eigenvalue weighted by Gasteiger charge is -2.33. The Labute approximate surface area is 101 Å². The van der Waals surface area contributed by atoms with E-state index in [-0.39, 0.29) is 5.92 Å². The van der Waals surface area contributed by atoms with Crippen molar-refractivity contribution in [3.63, 3.8) is 0 Å². The molecule has 0 spiro atoms. The van der Waals surface area contributed by atoms with Crippen LogP contribution in [-0.4, -0.2) is 41.9 Å². The number of halogens is 3. The monoisotopic (exact) mass is 253 g/mol. The van der Waals surface area contributed by atoms with Gasteiger partial charge in [-0.1, -0.05) is 19.8 Å². The van der Waals surface area contributed by atoms with E-state index >= 15 is 0 Å². The highest BCUT2D eigenvalue weighted by Gasteiger charge is 2.33. The summed E-state index contributed by atoms with van der Waals surface area (Å²) >= 11 is 0. The average Bonchev–Trinajstić information content (AvgIpc) is 2.19. The molecule has 0 aliphatic heterocycles. The molecule has 1 aliphatic rings. The van der Waals surface area contributed by atoms with Crippen molar-refractivity contribution >= 4 is 0 Å². The van der Waals surface area contributed by atoms with E-state index in [0.29, 0.717) is 19.5 Å². The summed E-state index contributed by atoms with van der Waals surface area (Å²) in [5, 5.41) is 9.78. The molecule has 0 aromatic heterocycles. The normalized spacial score (nSPS) is 26.5. The molecule has 1 fully saturated rings. The Bertz CT molecular complexity index is 220. The Kier molecular flexibility index (Phi) is 5.73. The van der Waals surface area contributed by atoms with Gasteiger partial charge in [0.2, 0.25) is 0 Å². The summed E-state index contributed by atoms with van der Waals surface area (Å²) in [5.41, 5.74) is 0. The van der Waals surface area contributed by atoms with E-state index in [1.165, 1.54) is 4.90 Å². The zero-order valence-corrected chi connectivity index (χ0v) is 10.3. The zero-order chi connectivity index (χ0) is 12.9. The summed E-state index contributed by atoms with van der Waals surface area (Å²) in [7, 11) is 0. The van der Waals surface area contributed by atoms with Gasteiger partial charge in [0.15, 0.2) is 0 Å². The van der Waals surface area contributed by atoms with E-state index in [4.69, 9.17) is 0 Å². The smallest absolute Gasteiger partial charge is 0.393 e. The third-order valence-corrected chi connectivity index (χ3v) is 3.30. The lowest BCUT2D eigenvalue weighted by atomic mass is 9.86. The van der Waals surface area contributed by atoms with Crippen LogP contribution in [0.15, 0.2) is 0 Å². The van der Waals surface area contributed by atoms with E-state index < -0.39 is 18.8 Å². The molecule has 2 unspecified atom stereocenters. The van der Waals surface area contributed by atoms with Gasteiger partial charge in [0.25, 0.3) is 0 Å². The Morgan fingerprint density at radius 2 is 1.88 bits per heavy atom. The SMILES string of the molecule is CCCN(CC1CCCCC1O)CC(F)(F)F. The fourth-order valence-corrected chi connectivity index (χ4v) is 2.54. The molecule has 0 saturated heterocycles. The quantitative estimate of drug-likeness (QED) is 0.814. The first-order valence-corrected chi connectivity index (χ1v) is 6.39. The second-order valence-corrected chi connectivity index (χ2v) is 4.96. The lowest BCUT2D eigenvalue weighted by Crippen LogP contribution is -2.41. The number of hydrogen-bond acceptors (Lipinski definition) is 2. The molecule has 1 saturated carbocycles. The van der Waals surface area contributed by atoms with Crippen LogP contribution in [0.5, 0.6) is 0 Å². The maximum absolute atomic E-state index is 12.4. The Hall–Kier alpha value is -0.290. The van der Waals surface area contributed by atoms with Gasteiger partial charge in [0.1, 0.15) is 0 Å². The van der Waals surface area contributed by atoms with E-state index in [0.717, 1.165) is 25.7 Å². The second-order valence-electron chi connectivity index (χ2n) is 4.96. The molecular formula is C12H22F3NO. The van der Waals surface area contributed by atoms with Gasteiger partial charge >= 0.3 is 6.18 Å². The molecule has 0 aromatic carbocycles. The summed E-state index contributed by atoms with van der Waals surface area (Å²) in [6.45, 7) is 1.84. The molecule has 0 amide bonds. The molecule has 0 bridgehead atoms. The van der Waals surface area contributed by atoms with Crippen LogP contribution in [0.2, 0.25) is 0 Å². The van der Waals surface area contributed by atoms with Gasteiger partial charge in [0.05, 0.1) is 12.6 Å². The van der Waals surface area contributed by atoms with Gasteiger partial charge < -0.3 is 5.11 Å². The standard InChI is InChI=1S/C12H22F3NO/c1-2-7-16(9-12(13,14)15)8-10-5-3-4-6-11(10)17/h10-11,17H,2-9H2,1H3. The van der Waals surface area contributed by atoms with E-state index in [2.05, 4.69) is 0 Å². The van der Waals surface area contributed by atoms with E-state index in [9.17, 15) is 18.3 Å². The minimum absolute atomic E-state index is 0.0117. The molecule has 0 aromatic rings. The van der Waals surface area contributed by atoms with Gasteiger partial charge in [-0.25, -0.2) is 0 Å². The zero-order valence-electron chi connectivity index (χ0n) is 10.3. The van der Waals surface area contributed by atoms with Crippen molar-refractivity contribution in [3.05, 3.63) is 0 Å². The Morgan fingerprint density at radius 1 is 1.24 bits per heavy atom. The van der Waals surface area contributed by atoms with Crippen LogP contribution in [0.3, 0.4) is 0 Å². The molecule has 0 heterocycles. The van der Waals surface area contributed by atoms with Crippen LogP contribution < -0.4 is 0 Å². The third kappa shape index (κ3) is 5.73.